The fourth-order valence-electron chi connectivity index (χ4n) is 2.99. The highest BCUT2D eigenvalue weighted by Crippen LogP contribution is 2.25. The second-order valence-corrected chi connectivity index (χ2v) is 6.59. The maximum Gasteiger partial charge on any atom is 0.257 e. The summed E-state index contributed by atoms with van der Waals surface area (Å²) in [4.78, 5) is 26.6. The van der Waals surface area contributed by atoms with Gasteiger partial charge in [0.15, 0.2) is 0 Å². The van der Waals surface area contributed by atoms with Crippen LogP contribution in [0.1, 0.15) is 18.5 Å². The molecule has 0 unspecified atom stereocenters. The summed E-state index contributed by atoms with van der Waals surface area (Å²) in [5.74, 6) is -0.508. The van der Waals surface area contributed by atoms with Crippen LogP contribution in [0.2, 0.25) is 0 Å². The molecule has 148 valence electrons. The Morgan fingerprint density at radius 3 is 1.79 bits per heavy atom. The number of carbonyl (C=O) groups is 2. The van der Waals surface area contributed by atoms with Crippen molar-refractivity contribution in [2.75, 3.05) is 18.1 Å². The molecule has 0 spiro atoms. The molecular weight excluding hydrogens is 364 g/mol. The average molecular weight is 388 g/mol. The molecule has 0 aliphatic carbocycles. The minimum absolute atomic E-state index is 0.131. The van der Waals surface area contributed by atoms with Crippen molar-refractivity contribution < 1.29 is 14.3 Å². The van der Waals surface area contributed by atoms with E-state index in [2.05, 4.69) is 5.32 Å². The fraction of sp³-hybridized carbons (Fsp3) is 0.167. The molecule has 0 aliphatic rings. The standard InChI is InChI=1S/C24H24N2O3/c1-19(20-11-5-2-6-12-20)25-23(27)17-29-18-24(28)26(21-13-7-3-8-14-21)22-15-9-4-10-16-22/h2-16,19H,17-18H2,1H3,(H,25,27)/t19-/m0/s1. The van der Waals surface area contributed by atoms with E-state index in [1.165, 1.54) is 0 Å². The van der Waals surface area contributed by atoms with Gasteiger partial charge in [-0.2, -0.15) is 0 Å². The number of nitrogens with zero attached hydrogens (tertiary/aromatic N) is 1. The zero-order chi connectivity index (χ0) is 20.5. The van der Waals surface area contributed by atoms with Crippen molar-refractivity contribution in [2.45, 2.75) is 13.0 Å². The molecule has 0 bridgehead atoms. The van der Waals surface area contributed by atoms with Crippen molar-refractivity contribution in [3.63, 3.8) is 0 Å². The number of ether oxygens (including phenoxy) is 1. The van der Waals surface area contributed by atoms with E-state index in [0.717, 1.165) is 16.9 Å². The smallest absolute Gasteiger partial charge is 0.257 e. The fourth-order valence-corrected chi connectivity index (χ4v) is 2.99. The Labute approximate surface area is 170 Å². The summed E-state index contributed by atoms with van der Waals surface area (Å²) in [6.07, 6.45) is 0. The van der Waals surface area contributed by atoms with Gasteiger partial charge < -0.3 is 10.1 Å². The van der Waals surface area contributed by atoms with Crippen LogP contribution in [-0.4, -0.2) is 25.0 Å². The van der Waals surface area contributed by atoms with E-state index in [1.807, 2.05) is 97.9 Å². The highest BCUT2D eigenvalue weighted by Gasteiger charge is 2.18. The van der Waals surface area contributed by atoms with Crippen LogP contribution in [0.25, 0.3) is 0 Å². The largest absolute Gasteiger partial charge is 0.362 e. The molecular formula is C24H24N2O3. The van der Waals surface area contributed by atoms with Gasteiger partial charge in [-0.05, 0) is 36.8 Å². The van der Waals surface area contributed by atoms with Crippen molar-refractivity contribution in [3.8, 4) is 0 Å². The summed E-state index contributed by atoms with van der Waals surface area (Å²) in [7, 11) is 0. The Hall–Kier alpha value is -3.44. The van der Waals surface area contributed by atoms with E-state index < -0.39 is 0 Å². The van der Waals surface area contributed by atoms with E-state index in [9.17, 15) is 9.59 Å². The molecule has 3 rings (SSSR count). The predicted octanol–water partition coefficient (Wildman–Crippen LogP) is 4.25. The number of para-hydroxylation sites is 2. The lowest BCUT2D eigenvalue weighted by Crippen LogP contribution is -2.34. The maximum atomic E-state index is 12.8. The molecule has 1 N–H and O–H groups in total. The second kappa shape index (κ2) is 10.2. The lowest BCUT2D eigenvalue weighted by molar-refractivity contribution is -0.129. The second-order valence-electron chi connectivity index (χ2n) is 6.59. The number of benzene rings is 3. The van der Waals surface area contributed by atoms with Crippen LogP contribution in [0.4, 0.5) is 11.4 Å². The number of amides is 2. The molecule has 3 aromatic rings. The van der Waals surface area contributed by atoms with Gasteiger partial charge in [-0.15, -0.1) is 0 Å². The molecule has 0 saturated heterocycles. The molecule has 1 atom stereocenters. The van der Waals surface area contributed by atoms with Crippen molar-refractivity contribution in [3.05, 3.63) is 96.6 Å². The van der Waals surface area contributed by atoms with Crippen LogP contribution in [0, 0.1) is 0 Å². The highest BCUT2D eigenvalue weighted by molar-refractivity contribution is 6.01. The summed E-state index contributed by atoms with van der Waals surface area (Å²) in [6, 6.07) is 28.3. The zero-order valence-corrected chi connectivity index (χ0v) is 16.3. The summed E-state index contributed by atoms with van der Waals surface area (Å²) < 4.78 is 5.41. The Morgan fingerprint density at radius 2 is 1.28 bits per heavy atom. The third-order valence-corrected chi connectivity index (χ3v) is 4.41. The third-order valence-electron chi connectivity index (χ3n) is 4.41. The van der Waals surface area contributed by atoms with Crippen LogP contribution >= 0.6 is 0 Å². The molecule has 0 aliphatic heterocycles. The van der Waals surface area contributed by atoms with Crippen LogP contribution < -0.4 is 10.2 Å². The molecule has 5 nitrogen and oxygen atoms in total. The summed E-state index contributed by atoms with van der Waals surface area (Å²) >= 11 is 0. The lowest BCUT2D eigenvalue weighted by atomic mass is 10.1. The first-order valence-corrected chi connectivity index (χ1v) is 9.50. The van der Waals surface area contributed by atoms with Gasteiger partial charge in [0.05, 0.1) is 6.04 Å². The average Bonchev–Trinajstić information content (AvgIpc) is 2.76. The van der Waals surface area contributed by atoms with Crippen LogP contribution in [0.5, 0.6) is 0 Å². The number of hydrogen-bond donors (Lipinski definition) is 1. The van der Waals surface area contributed by atoms with Crippen LogP contribution in [-0.2, 0) is 14.3 Å². The first kappa shape index (κ1) is 20.3. The molecule has 0 aromatic heterocycles. The molecule has 5 heteroatoms. The summed E-state index contributed by atoms with van der Waals surface area (Å²) in [5.41, 5.74) is 2.50. The molecule has 29 heavy (non-hydrogen) atoms. The van der Waals surface area contributed by atoms with E-state index >= 15 is 0 Å². The van der Waals surface area contributed by atoms with Crippen molar-refractivity contribution in [2.24, 2.45) is 0 Å². The molecule has 0 heterocycles. The molecule has 0 saturated carbocycles. The zero-order valence-electron chi connectivity index (χ0n) is 16.3. The van der Waals surface area contributed by atoms with Gasteiger partial charge in [-0.1, -0.05) is 66.7 Å². The Morgan fingerprint density at radius 1 is 0.793 bits per heavy atom. The van der Waals surface area contributed by atoms with E-state index in [4.69, 9.17) is 4.74 Å². The number of hydrogen-bond acceptors (Lipinski definition) is 3. The summed E-state index contributed by atoms with van der Waals surface area (Å²) in [6.45, 7) is 1.53. The van der Waals surface area contributed by atoms with Gasteiger partial charge in [-0.25, -0.2) is 0 Å². The number of rotatable bonds is 8. The molecule has 0 radical (unpaired) electrons. The first-order chi connectivity index (χ1) is 14.1. The minimum Gasteiger partial charge on any atom is -0.362 e. The quantitative estimate of drug-likeness (QED) is 0.628. The Bertz CT molecular complexity index is 875. The van der Waals surface area contributed by atoms with Gasteiger partial charge in [0, 0.05) is 11.4 Å². The van der Waals surface area contributed by atoms with Crippen molar-refractivity contribution in [1.29, 1.82) is 0 Å². The van der Waals surface area contributed by atoms with Gasteiger partial charge in [0.1, 0.15) is 13.2 Å². The Balaban J connectivity index is 1.57. The lowest BCUT2D eigenvalue weighted by Gasteiger charge is -2.23. The normalized spacial score (nSPS) is 11.5. The summed E-state index contributed by atoms with van der Waals surface area (Å²) in [5, 5.41) is 2.87. The van der Waals surface area contributed by atoms with Crippen molar-refractivity contribution >= 4 is 23.2 Å². The molecule has 2 amide bonds. The van der Waals surface area contributed by atoms with Gasteiger partial charge in [0.25, 0.3) is 5.91 Å². The number of carbonyl (C=O) groups excluding carboxylic acids is 2. The van der Waals surface area contributed by atoms with E-state index in [-0.39, 0.29) is 31.1 Å². The van der Waals surface area contributed by atoms with Crippen LogP contribution in [0.3, 0.4) is 0 Å². The third kappa shape index (κ3) is 5.77. The Kier molecular flexibility index (Phi) is 7.14. The SMILES string of the molecule is C[C@H](NC(=O)COCC(=O)N(c1ccccc1)c1ccccc1)c1ccccc1. The molecule has 3 aromatic carbocycles. The van der Waals surface area contributed by atoms with E-state index in [1.54, 1.807) is 4.90 Å². The van der Waals surface area contributed by atoms with Crippen LogP contribution in [0.15, 0.2) is 91.0 Å². The monoisotopic (exact) mass is 388 g/mol. The number of anilines is 2. The van der Waals surface area contributed by atoms with Gasteiger partial charge in [0.2, 0.25) is 5.91 Å². The van der Waals surface area contributed by atoms with Crippen molar-refractivity contribution in [1.82, 2.24) is 5.32 Å². The molecule has 0 fully saturated rings. The minimum atomic E-state index is -0.264. The van der Waals surface area contributed by atoms with E-state index in [0.29, 0.717) is 0 Å². The van der Waals surface area contributed by atoms with Gasteiger partial charge in [-0.3, -0.25) is 14.5 Å². The number of nitrogens with one attached hydrogen (secondary N) is 1. The topological polar surface area (TPSA) is 58.6 Å². The highest BCUT2D eigenvalue weighted by atomic mass is 16.5. The first-order valence-electron chi connectivity index (χ1n) is 9.50. The van der Waals surface area contributed by atoms with Gasteiger partial charge >= 0.3 is 0 Å². The maximum absolute atomic E-state index is 12.8. The predicted molar refractivity (Wildman–Crippen MR) is 114 cm³/mol.